The molecule has 0 unspecified atom stereocenters. The van der Waals surface area contributed by atoms with Gasteiger partial charge in [-0.3, -0.25) is 4.79 Å². The lowest BCUT2D eigenvalue weighted by Gasteiger charge is -2.16. The number of carbonyl (C=O) groups excluding carboxylic acids is 1. The molecule has 0 spiro atoms. The lowest BCUT2D eigenvalue weighted by Crippen LogP contribution is -2.22. The number of aromatic nitrogens is 6. The van der Waals surface area contributed by atoms with Crippen LogP contribution in [-0.4, -0.2) is 35.4 Å². The third-order valence-electron chi connectivity index (χ3n) is 5.61. The highest BCUT2D eigenvalue weighted by atomic mass is 35.5. The number of anilines is 1. The highest BCUT2D eigenvalue weighted by Gasteiger charge is 2.22. The zero-order valence-electron chi connectivity index (χ0n) is 18.7. The molecular formula is C25H22ClN7O. The van der Waals surface area contributed by atoms with E-state index < -0.39 is 0 Å². The molecule has 0 saturated carbocycles. The number of aryl methyl sites for hydroxylation is 1. The van der Waals surface area contributed by atoms with Gasteiger partial charge in [-0.05, 0) is 37.1 Å². The fourth-order valence-electron chi connectivity index (χ4n) is 4.02. The second-order valence-corrected chi connectivity index (χ2v) is 8.35. The van der Waals surface area contributed by atoms with Crippen molar-refractivity contribution >= 4 is 34.4 Å². The van der Waals surface area contributed by atoms with Crippen molar-refractivity contribution in [3.05, 3.63) is 89.5 Å². The van der Waals surface area contributed by atoms with Gasteiger partial charge in [-0.25, -0.2) is 14.6 Å². The van der Waals surface area contributed by atoms with Gasteiger partial charge in [0.1, 0.15) is 12.1 Å². The van der Waals surface area contributed by atoms with E-state index in [9.17, 15) is 4.79 Å². The summed E-state index contributed by atoms with van der Waals surface area (Å²) in [5.41, 5.74) is 3.11. The van der Waals surface area contributed by atoms with Crippen molar-refractivity contribution in [1.29, 1.82) is 0 Å². The molecule has 0 aliphatic rings. The number of halogens is 1. The maximum atomic E-state index is 13.2. The molecule has 8 nitrogen and oxygen atoms in total. The molecule has 3 heterocycles. The first-order valence-electron chi connectivity index (χ1n) is 10.9. The minimum atomic E-state index is -0.277. The summed E-state index contributed by atoms with van der Waals surface area (Å²) in [6, 6.07) is 19.0. The van der Waals surface area contributed by atoms with E-state index in [1.807, 2.05) is 68.4 Å². The van der Waals surface area contributed by atoms with Crippen LogP contribution in [0, 0.1) is 6.92 Å². The van der Waals surface area contributed by atoms with Crippen molar-refractivity contribution < 1.29 is 4.79 Å². The van der Waals surface area contributed by atoms with Crippen LogP contribution in [0.1, 0.15) is 30.5 Å². The molecule has 0 saturated heterocycles. The van der Waals surface area contributed by atoms with Crippen LogP contribution in [0.3, 0.4) is 0 Å². The fraction of sp³-hybridized carbons (Fsp3) is 0.160. The lowest BCUT2D eigenvalue weighted by molar-refractivity contribution is -0.117. The molecule has 0 bridgehead atoms. The minimum absolute atomic E-state index is 0.102. The Morgan fingerprint density at radius 1 is 1.06 bits per heavy atom. The van der Waals surface area contributed by atoms with E-state index in [1.165, 1.54) is 6.33 Å². The number of nitrogens with zero attached hydrogens (tertiary/aromatic N) is 6. The van der Waals surface area contributed by atoms with Crippen LogP contribution in [0.4, 0.5) is 5.82 Å². The van der Waals surface area contributed by atoms with Crippen LogP contribution in [0.15, 0.2) is 73.2 Å². The number of benzene rings is 2. The number of hydrogen-bond acceptors (Lipinski definition) is 5. The summed E-state index contributed by atoms with van der Waals surface area (Å²) in [4.78, 5) is 22.1. The molecule has 0 radical (unpaired) electrons. The molecule has 3 aromatic heterocycles. The van der Waals surface area contributed by atoms with Crippen molar-refractivity contribution in [1.82, 2.24) is 29.5 Å². The largest absolute Gasteiger partial charge is 0.310 e. The fourth-order valence-corrected chi connectivity index (χ4v) is 4.20. The van der Waals surface area contributed by atoms with Gasteiger partial charge >= 0.3 is 0 Å². The SMILES string of the molecule is CC[C@H](C(=O)Nc1cc(C)nn1-c1ncnc2c1cnn2-c1cccc(Cl)c1)c1ccccc1. The van der Waals surface area contributed by atoms with Crippen molar-refractivity contribution in [2.45, 2.75) is 26.2 Å². The summed E-state index contributed by atoms with van der Waals surface area (Å²) < 4.78 is 3.32. The normalized spacial score (nSPS) is 12.1. The first kappa shape index (κ1) is 21.8. The average molecular weight is 472 g/mol. The third kappa shape index (κ3) is 4.04. The molecule has 34 heavy (non-hydrogen) atoms. The topological polar surface area (TPSA) is 90.5 Å². The van der Waals surface area contributed by atoms with E-state index in [0.29, 0.717) is 34.1 Å². The predicted molar refractivity (Wildman–Crippen MR) is 132 cm³/mol. The van der Waals surface area contributed by atoms with E-state index in [4.69, 9.17) is 11.6 Å². The first-order chi connectivity index (χ1) is 16.5. The van der Waals surface area contributed by atoms with Crippen LogP contribution in [0.25, 0.3) is 22.5 Å². The van der Waals surface area contributed by atoms with Crippen LogP contribution < -0.4 is 5.32 Å². The summed E-state index contributed by atoms with van der Waals surface area (Å²) >= 11 is 6.17. The van der Waals surface area contributed by atoms with Gasteiger partial charge in [-0.15, -0.1) is 0 Å². The van der Waals surface area contributed by atoms with Crippen LogP contribution in [0.2, 0.25) is 5.02 Å². The Hall–Kier alpha value is -4.04. The van der Waals surface area contributed by atoms with Crippen LogP contribution >= 0.6 is 11.6 Å². The molecule has 0 aliphatic heterocycles. The highest BCUT2D eigenvalue weighted by molar-refractivity contribution is 6.30. The number of nitrogens with one attached hydrogen (secondary N) is 1. The quantitative estimate of drug-likeness (QED) is 0.372. The smallest absolute Gasteiger partial charge is 0.233 e. The van der Waals surface area contributed by atoms with Gasteiger partial charge in [-0.2, -0.15) is 14.9 Å². The zero-order valence-corrected chi connectivity index (χ0v) is 19.4. The second-order valence-electron chi connectivity index (χ2n) is 7.91. The predicted octanol–water partition coefficient (Wildman–Crippen LogP) is 5.10. The monoisotopic (exact) mass is 471 g/mol. The minimum Gasteiger partial charge on any atom is -0.310 e. The van der Waals surface area contributed by atoms with Gasteiger partial charge in [0, 0.05) is 11.1 Å². The molecule has 5 rings (SSSR count). The van der Waals surface area contributed by atoms with Crippen molar-refractivity contribution in [3.8, 4) is 11.5 Å². The Morgan fingerprint density at radius 3 is 2.65 bits per heavy atom. The van der Waals surface area contributed by atoms with Gasteiger partial charge in [0.05, 0.1) is 28.9 Å². The van der Waals surface area contributed by atoms with E-state index in [2.05, 4.69) is 25.5 Å². The van der Waals surface area contributed by atoms with Gasteiger partial charge in [-0.1, -0.05) is 54.9 Å². The number of fused-ring (bicyclic) bond motifs is 1. The summed E-state index contributed by atoms with van der Waals surface area (Å²) in [6.07, 6.45) is 3.82. The summed E-state index contributed by atoms with van der Waals surface area (Å²) in [5.74, 6) is 0.678. The molecule has 170 valence electrons. The Kier molecular flexibility index (Phi) is 5.81. The van der Waals surface area contributed by atoms with E-state index in [0.717, 1.165) is 16.9 Å². The Morgan fingerprint density at radius 2 is 1.88 bits per heavy atom. The van der Waals surface area contributed by atoms with Crippen LogP contribution in [-0.2, 0) is 4.79 Å². The van der Waals surface area contributed by atoms with Crippen molar-refractivity contribution in [3.63, 3.8) is 0 Å². The summed E-state index contributed by atoms with van der Waals surface area (Å²) in [7, 11) is 0. The molecule has 5 aromatic rings. The maximum Gasteiger partial charge on any atom is 0.233 e. The molecule has 1 amide bonds. The number of rotatable bonds is 6. The lowest BCUT2D eigenvalue weighted by atomic mass is 9.96. The molecule has 0 fully saturated rings. The number of amides is 1. The molecular weight excluding hydrogens is 450 g/mol. The van der Waals surface area contributed by atoms with Crippen molar-refractivity contribution in [2.24, 2.45) is 0 Å². The number of hydrogen-bond donors (Lipinski definition) is 1. The summed E-state index contributed by atoms with van der Waals surface area (Å²) in [5, 5.41) is 13.4. The van der Waals surface area contributed by atoms with Gasteiger partial charge in [0.15, 0.2) is 11.5 Å². The molecule has 2 aromatic carbocycles. The molecule has 9 heteroatoms. The molecule has 1 atom stereocenters. The number of carbonyl (C=O) groups is 1. The van der Waals surface area contributed by atoms with Gasteiger partial charge in [0.25, 0.3) is 0 Å². The zero-order chi connectivity index (χ0) is 23.7. The first-order valence-corrected chi connectivity index (χ1v) is 11.3. The van der Waals surface area contributed by atoms with Crippen LogP contribution in [0.5, 0.6) is 0 Å². The highest BCUT2D eigenvalue weighted by Crippen LogP contribution is 2.27. The van der Waals surface area contributed by atoms with E-state index >= 15 is 0 Å². The molecule has 1 N–H and O–H groups in total. The third-order valence-corrected chi connectivity index (χ3v) is 5.84. The second kappa shape index (κ2) is 9.07. The Bertz CT molecular complexity index is 1480. The van der Waals surface area contributed by atoms with E-state index in [-0.39, 0.29) is 11.8 Å². The Balaban J connectivity index is 1.53. The maximum absolute atomic E-state index is 13.2. The van der Waals surface area contributed by atoms with Gasteiger partial charge in [0.2, 0.25) is 5.91 Å². The summed E-state index contributed by atoms with van der Waals surface area (Å²) in [6.45, 7) is 3.87. The van der Waals surface area contributed by atoms with Gasteiger partial charge < -0.3 is 5.32 Å². The van der Waals surface area contributed by atoms with Crippen molar-refractivity contribution in [2.75, 3.05) is 5.32 Å². The average Bonchev–Trinajstić information content (AvgIpc) is 3.43. The van der Waals surface area contributed by atoms with E-state index in [1.54, 1.807) is 21.6 Å². The Labute approximate surface area is 201 Å². The standard InChI is InChI=1S/C25H22ClN7O/c1-3-20(17-8-5-4-6-9-17)25(34)30-22-12-16(2)31-33(22)24-21-14-29-32(23(21)27-15-28-24)19-11-7-10-18(26)13-19/h4-15,20H,3H2,1-2H3,(H,30,34)/t20-/m0/s1. The molecule has 0 aliphatic carbocycles.